The highest BCUT2D eigenvalue weighted by molar-refractivity contribution is 6.33. The number of hydrogen-bond acceptors (Lipinski definition) is 3. The summed E-state index contributed by atoms with van der Waals surface area (Å²) < 4.78 is 4.61. The molecule has 0 spiro atoms. The van der Waals surface area contributed by atoms with Gasteiger partial charge in [-0.2, -0.15) is 0 Å². The maximum absolute atomic E-state index is 11.6. The van der Waals surface area contributed by atoms with Crippen LogP contribution in [0.3, 0.4) is 0 Å². The number of alkyl halides is 1. The normalized spacial score (nSPS) is 10.1. The van der Waals surface area contributed by atoms with Crippen molar-refractivity contribution in [1.82, 2.24) is 0 Å². The third-order valence-corrected chi connectivity index (χ3v) is 3.04. The molecule has 6 heteroatoms. The predicted molar refractivity (Wildman–Crippen MR) is 76.0 cm³/mol. The number of carbonyl (C=O) groups excluding carboxylic acids is 2. The average Bonchev–Trinajstić information content (AvgIpc) is 2.40. The molecule has 0 radical (unpaired) electrons. The SMILES string of the molecule is COC(=O)c1cc(NC(=O)CCCCCl)ccc1Cl. The first-order valence-corrected chi connectivity index (χ1v) is 6.73. The zero-order chi connectivity index (χ0) is 14.3. The van der Waals surface area contributed by atoms with Gasteiger partial charge < -0.3 is 10.1 Å². The maximum atomic E-state index is 11.6. The minimum atomic E-state index is -0.539. The van der Waals surface area contributed by atoms with Crippen LogP contribution in [0.25, 0.3) is 0 Å². The first-order valence-electron chi connectivity index (χ1n) is 5.82. The Morgan fingerprint density at radius 2 is 2.05 bits per heavy atom. The molecule has 1 aromatic carbocycles. The van der Waals surface area contributed by atoms with Crippen LogP contribution in [0.2, 0.25) is 5.02 Å². The topological polar surface area (TPSA) is 55.4 Å². The van der Waals surface area contributed by atoms with Gasteiger partial charge in [-0.25, -0.2) is 4.79 Å². The van der Waals surface area contributed by atoms with Crippen molar-refractivity contribution < 1.29 is 14.3 Å². The molecule has 0 unspecified atom stereocenters. The van der Waals surface area contributed by atoms with Crippen molar-refractivity contribution >= 4 is 40.8 Å². The summed E-state index contributed by atoms with van der Waals surface area (Å²) in [6.07, 6.45) is 1.92. The summed E-state index contributed by atoms with van der Waals surface area (Å²) in [5, 5.41) is 2.98. The van der Waals surface area contributed by atoms with Crippen molar-refractivity contribution in [2.45, 2.75) is 19.3 Å². The van der Waals surface area contributed by atoms with Gasteiger partial charge >= 0.3 is 5.97 Å². The quantitative estimate of drug-likeness (QED) is 0.497. The summed E-state index contributed by atoms with van der Waals surface area (Å²) in [6, 6.07) is 4.67. The molecule has 0 heterocycles. The van der Waals surface area contributed by atoms with Crippen molar-refractivity contribution in [2.24, 2.45) is 0 Å². The molecule has 19 heavy (non-hydrogen) atoms. The summed E-state index contributed by atoms with van der Waals surface area (Å²) in [6.45, 7) is 0. The van der Waals surface area contributed by atoms with Gasteiger partial charge in [0.15, 0.2) is 0 Å². The molecule has 0 saturated heterocycles. The molecule has 0 aliphatic heterocycles. The molecule has 1 amide bonds. The molecule has 0 aliphatic carbocycles. The van der Waals surface area contributed by atoms with Crippen LogP contribution < -0.4 is 5.32 Å². The Hall–Kier alpha value is -1.26. The Morgan fingerprint density at radius 1 is 1.32 bits per heavy atom. The van der Waals surface area contributed by atoms with Crippen molar-refractivity contribution in [2.75, 3.05) is 18.3 Å². The van der Waals surface area contributed by atoms with Crippen LogP contribution in [0.5, 0.6) is 0 Å². The van der Waals surface area contributed by atoms with E-state index >= 15 is 0 Å². The van der Waals surface area contributed by atoms with Crippen LogP contribution in [-0.2, 0) is 9.53 Å². The Bertz CT molecular complexity index is 463. The van der Waals surface area contributed by atoms with Gasteiger partial charge in [0, 0.05) is 18.0 Å². The molecule has 104 valence electrons. The van der Waals surface area contributed by atoms with Gasteiger partial charge in [-0.1, -0.05) is 11.6 Å². The van der Waals surface area contributed by atoms with E-state index in [0.29, 0.717) is 18.0 Å². The number of benzene rings is 1. The molecule has 1 rings (SSSR count). The minimum absolute atomic E-state index is 0.122. The van der Waals surface area contributed by atoms with E-state index in [1.54, 1.807) is 12.1 Å². The molecular weight excluding hydrogens is 289 g/mol. The van der Waals surface area contributed by atoms with Crippen LogP contribution in [0, 0.1) is 0 Å². The molecule has 4 nitrogen and oxygen atoms in total. The number of methoxy groups -OCH3 is 1. The van der Waals surface area contributed by atoms with E-state index in [0.717, 1.165) is 12.8 Å². The van der Waals surface area contributed by atoms with Crippen molar-refractivity contribution in [3.63, 3.8) is 0 Å². The Labute approximate surface area is 122 Å². The molecule has 0 saturated carbocycles. The summed E-state index contributed by atoms with van der Waals surface area (Å²) in [5.41, 5.74) is 0.739. The highest BCUT2D eigenvalue weighted by Crippen LogP contribution is 2.21. The van der Waals surface area contributed by atoms with Crippen LogP contribution >= 0.6 is 23.2 Å². The zero-order valence-electron chi connectivity index (χ0n) is 10.5. The van der Waals surface area contributed by atoms with Crippen molar-refractivity contribution in [3.8, 4) is 0 Å². The average molecular weight is 304 g/mol. The van der Waals surface area contributed by atoms with Gasteiger partial charge in [-0.05, 0) is 31.0 Å². The standard InChI is InChI=1S/C13H15Cl2NO3/c1-19-13(18)10-8-9(5-6-11(10)15)16-12(17)4-2-3-7-14/h5-6,8H,2-4,7H2,1H3,(H,16,17). The molecule has 0 aliphatic rings. The Morgan fingerprint density at radius 3 is 2.68 bits per heavy atom. The van der Waals surface area contributed by atoms with Gasteiger partial charge in [0.05, 0.1) is 17.7 Å². The van der Waals surface area contributed by atoms with Gasteiger partial charge in [0.25, 0.3) is 0 Å². The van der Waals surface area contributed by atoms with Crippen molar-refractivity contribution in [1.29, 1.82) is 0 Å². The lowest BCUT2D eigenvalue weighted by Crippen LogP contribution is -2.12. The van der Waals surface area contributed by atoms with Crippen LogP contribution in [0.15, 0.2) is 18.2 Å². The van der Waals surface area contributed by atoms with E-state index in [1.165, 1.54) is 13.2 Å². The van der Waals surface area contributed by atoms with E-state index < -0.39 is 5.97 Å². The van der Waals surface area contributed by atoms with Crippen molar-refractivity contribution in [3.05, 3.63) is 28.8 Å². The number of nitrogens with one attached hydrogen (secondary N) is 1. The number of halogens is 2. The van der Waals surface area contributed by atoms with E-state index in [2.05, 4.69) is 10.1 Å². The van der Waals surface area contributed by atoms with E-state index in [9.17, 15) is 9.59 Å². The van der Waals surface area contributed by atoms with Gasteiger partial charge in [0.1, 0.15) is 0 Å². The minimum Gasteiger partial charge on any atom is -0.465 e. The molecule has 0 atom stereocenters. The number of esters is 1. The van der Waals surface area contributed by atoms with Gasteiger partial charge in [0.2, 0.25) is 5.91 Å². The number of hydrogen-bond donors (Lipinski definition) is 1. The van der Waals surface area contributed by atoms with Crippen LogP contribution in [0.1, 0.15) is 29.6 Å². The highest BCUT2D eigenvalue weighted by atomic mass is 35.5. The Balaban J connectivity index is 2.69. The third-order valence-electron chi connectivity index (χ3n) is 2.44. The third kappa shape index (κ3) is 5.09. The summed E-state index contributed by atoms with van der Waals surface area (Å²) >= 11 is 11.4. The zero-order valence-corrected chi connectivity index (χ0v) is 12.1. The fourth-order valence-corrected chi connectivity index (χ4v) is 1.86. The second-order valence-corrected chi connectivity index (χ2v) is 4.67. The monoisotopic (exact) mass is 303 g/mol. The summed E-state index contributed by atoms with van der Waals surface area (Å²) in [4.78, 5) is 23.1. The predicted octanol–water partition coefficient (Wildman–Crippen LogP) is 3.47. The molecule has 0 fully saturated rings. The number of amides is 1. The highest BCUT2D eigenvalue weighted by Gasteiger charge is 2.12. The lowest BCUT2D eigenvalue weighted by molar-refractivity contribution is -0.116. The Kier molecular flexibility index (Phi) is 6.67. The number of unbranched alkanes of at least 4 members (excludes halogenated alkanes) is 1. The van der Waals surface area contributed by atoms with E-state index in [-0.39, 0.29) is 16.5 Å². The van der Waals surface area contributed by atoms with Gasteiger partial charge in [-0.15, -0.1) is 11.6 Å². The lowest BCUT2D eigenvalue weighted by atomic mass is 10.2. The lowest BCUT2D eigenvalue weighted by Gasteiger charge is -2.08. The van der Waals surface area contributed by atoms with E-state index in [1.807, 2.05) is 0 Å². The first kappa shape index (κ1) is 15.8. The van der Waals surface area contributed by atoms with Crippen LogP contribution in [0.4, 0.5) is 5.69 Å². The molecule has 1 aromatic rings. The van der Waals surface area contributed by atoms with Crippen LogP contribution in [-0.4, -0.2) is 24.9 Å². The second-order valence-electron chi connectivity index (χ2n) is 3.88. The fourth-order valence-electron chi connectivity index (χ4n) is 1.47. The van der Waals surface area contributed by atoms with Gasteiger partial charge in [-0.3, -0.25) is 4.79 Å². The number of carbonyl (C=O) groups is 2. The maximum Gasteiger partial charge on any atom is 0.339 e. The first-order chi connectivity index (χ1) is 9.08. The number of ether oxygens (including phenoxy) is 1. The smallest absolute Gasteiger partial charge is 0.339 e. The molecular formula is C13H15Cl2NO3. The second kappa shape index (κ2) is 8.02. The number of rotatable bonds is 6. The molecule has 0 aromatic heterocycles. The fraction of sp³-hybridized carbons (Fsp3) is 0.385. The number of anilines is 1. The molecule has 1 N–H and O–H groups in total. The van der Waals surface area contributed by atoms with E-state index in [4.69, 9.17) is 23.2 Å². The largest absolute Gasteiger partial charge is 0.465 e. The summed E-state index contributed by atoms with van der Waals surface area (Å²) in [7, 11) is 1.27. The summed E-state index contributed by atoms with van der Waals surface area (Å²) in [5.74, 6) is -0.118. The molecule has 0 bridgehead atoms.